The van der Waals surface area contributed by atoms with Gasteiger partial charge in [-0.1, -0.05) is 40.9 Å². The summed E-state index contributed by atoms with van der Waals surface area (Å²) >= 11 is 17.8. The van der Waals surface area contributed by atoms with Crippen LogP contribution in [0, 0.1) is 11.8 Å². The summed E-state index contributed by atoms with van der Waals surface area (Å²) in [5, 5.41) is 3.90. The zero-order chi connectivity index (χ0) is 18.3. The summed E-state index contributed by atoms with van der Waals surface area (Å²) in [6, 6.07) is 3.72. The third-order valence-electron chi connectivity index (χ3n) is 4.56. The van der Waals surface area contributed by atoms with Gasteiger partial charge in [0, 0.05) is 10.7 Å². The van der Waals surface area contributed by atoms with E-state index in [0.29, 0.717) is 33.6 Å². The summed E-state index contributed by atoms with van der Waals surface area (Å²) in [5.41, 5.74) is 0.437. The molecule has 0 bridgehead atoms. The lowest BCUT2D eigenvalue weighted by molar-refractivity contribution is -0.146. The molecule has 25 heavy (non-hydrogen) atoms. The molecule has 0 spiro atoms. The van der Waals surface area contributed by atoms with Crippen LogP contribution >= 0.6 is 34.8 Å². The number of nitrogens with zero attached hydrogens (tertiary/aromatic N) is 1. The Morgan fingerprint density at radius 1 is 1.16 bits per heavy atom. The molecule has 0 aromatic heterocycles. The molecule has 0 unspecified atom stereocenters. The van der Waals surface area contributed by atoms with Crippen LogP contribution in [0.3, 0.4) is 0 Å². The van der Waals surface area contributed by atoms with Gasteiger partial charge in [-0.2, -0.15) is 0 Å². The van der Waals surface area contributed by atoms with E-state index < -0.39 is 23.8 Å². The fourth-order valence-corrected chi connectivity index (χ4v) is 3.73. The van der Waals surface area contributed by atoms with Crippen LogP contribution in [-0.4, -0.2) is 28.7 Å². The van der Waals surface area contributed by atoms with Gasteiger partial charge in [0.2, 0.25) is 17.7 Å². The maximum atomic E-state index is 12.6. The molecule has 1 N–H and O–H groups in total. The zero-order valence-corrected chi connectivity index (χ0v) is 15.5. The maximum absolute atomic E-state index is 12.6. The van der Waals surface area contributed by atoms with E-state index in [4.69, 9.17) is 34.8 Å². The molecule has 1 heterocycles. The first-order valence-electron chi connectivity index (χ1n) is 7.77. The molecule has 1 aromatic carbocycles. The van der Waals surface area contributed by atoms with Gasteiger partial charge in [-0.25, -0.2) is 0 Å². The molecule has 3 amide bonds. The van der Waals surface area contributed by atoms with E-state index in [-0.39, 0.29) is 11.8 Å². The Hall–Kier alpha value is -1.56. The molecule has 1 saturated heterocycles. The van der Waals surface area contributed by atoms with Crippen LogP contribution in [0.2, 0.25) is 10.0 Å². The molecule has 1 fully saturated rings. The highest BCUT2D eigenvalue weighted by Crippen LogP contribution is 2.39. The number of hydrogen-bond acceptors (Lipinski definition) is 3. The van der Waals surface area contributed by atoms with Gasteiger partial charge in [-0.05, 0) is 38.0 Å². The number of allylic oxidation sites excluding steroid dienone is 2. The summed E-state index contributed by atoms with van der Waals surface area (Å²) in [7, 11) is 0. The third-order valence-corrected chi connectivity index (χ3v) is 5.60. The average molecular weight is 402 g/mol. The summed E-state index contributed by atoms with van der Waals surface area (Å²) in [6.45, 7) is 1.52. The first-order chi connectivity index (χ1) is 11.8. The number of amides is 3. The molecule has 5 nitrogen and oxygen atoms in total. The summed E-state index contributed by atoms with van der Waals surface area (Å²) in [6.07, 6.45) is 2.53. The highest BCUT2D eigenvalue weighted by molar-refractivity contribution is 6.42. The Bertz CT molecular complexity index is 793. The fraction of sp³-hybridized carbons (Fsp3) is 0.353. The smallest absolute Gasteiger partial charge is 0.247 e. The van der Waals surface area contributed by atoms with Crippen molar-refractivity contribution in [2.24, 2.45) is 11.8 Å². The molecule has 132 valence electrons. The first-order valence-corrected chi connectivity index (χ1v) is 8.90. The number of rotatable bonds is 3. The second-order valence-electron chi connectivity index (χ2n) is 6.14. The van der Waals surface area contributed by atoms with Crippen LogP contribution in [0.4, 0.5) is 5.69 Å². The Morgan fingerprint density at radius 2 is 1.84 bits per heavy atom. The normalized spacial score (nSPS) is 24.0. The number of carbonyl (C=O) groups excluding carboxylic acids is 3. The molecule has 1 aromatic rings. The minimum atomic E-state index is -0.932. The number of hydrogen-bond donors (Lipinski definition) is 1. The van der Waals surface area contributed by atoms with Crippen LogP contribution in [0.1, 0.15) is 19.8 Å². The summed E-state index contributed by atoms with van der Waals surface area (Å²) < 4.78 is 0. The minimum Gasteiger partial charge on any atom is -0.324 e. The lowest BCUT2D eigenvalue weighted by atomic mass is 9.85. The Labute approximate surface area is 159 Å². The second kappa shape index (κ2) is 6.98. The van der Waals surface area contributed by atoms with Gasteiger partial charge in [-0.15, -0.1) is 0 Å². The summed E-state index contributed by atoms with van der Waals surface area (Å²) in [4.78, 5) is 38.7. The zero-order valence-electron chi connectivity index (χ0n) is 13.3. The monoisotopic (exact) mass is 400 g/mol. The van der Waals surface area contributed by atoms with Gasteiger partial charge in [0.05, 0.1) is 21.9 Å². The Balaban J connectivity index is 1.75. The van der Waals surface area contributed by atoms with E-state index in [2.05, 4.69) is 5.32 Å². The third kappa shape index (κ3) is 3.41. The maximum Gasteiger partial charge on any atom is 0.247 e. The Morgan fingerprint density at radius 3 is 2.52 bits per heavy atom. The van der Waals surface area contributed by atoms with Gasteiger partial charge < -0.3 is 5.32 Å². The van der Waals surface area contributed by atoms with E-state index in [9.17, 15) is 14.4 Å². The summed E-state index contributed by atoms with van der Waals surface area (Å²) in [5.74, 6) is -2.07. The van der Waals surface area contributed by atoms with Crippen molar-refractivity contribution >= 4 is 58.2 Å². The standard InChI is InChI=1S/C17H15Cl3N2O3/c1-8(15(23)21-10-3-5-13(19)14(20)7-10)22-16(24)11-4-2-9(18)6-12(11)17(22)25/h2-3,5,7-8,11-12H,4,6H2,1H3,(H,21,23)/t8-,11-,12+/m1/s1. The molecule has 1 aliphatic heterocycles. The molecule has 8 heteroatoms. The number of carbonyl (C=O) groups is 3. The predicted molar refractivity (Wildman–Crippen MR) is 96.6 cm³/mol. The topological polar surface area (TPSA) is 66.5 Å². The molecule has 2 aliphatic rings. The van der Waals surface area contributed by atoms with Gasteiger partial charge in [0.1, 0.15) is 6.04 Å². The van der Waals surface area contributed by atoms with Gasteiger partial charge in [0.25, 0.3) is 0 Å². The van der Waals surface area contributed by atoms with E-state index >= 15 is 0 Å². The molecular weight excluding hydrogens is 387 g/mol. The number of anilines is 1. The van der Waals surface area contributed by atoms with Crippen LogP contribution < -0.4 is 5.32 Å². The van der Waals surface area contributed by atoms with Crippen molar-refractivity contribution in [1.82, 2.24) is 4.90 Å². The van der Waals surface area contributed by atoms with E-state index in [1.807, 2.05) is 0 Å². The van der Waals surface area contributed by atoms with Crippen molar-refractivity contribution in [1.29, 1.82) is 0 Å². The number of halogens is 3. The predicted octanol–water partition coefficient (Wildman–Crippen LogP) is 3.84. The van der Waals surface area contributed by atoms with Gasteiger partial charge >= 0.3 is 0 Å². The molecule has 0 radical (unpaired) electrons. The number of benzene rings is 1. The van der Waals surface area contributed by atoms with E-state index in [1.54, 1.807) is 18.2 Å². The van der Waals surface area contributed by atoms with Crippen molar-refractivity contribution in [2.75, 3.05) is 5.32 Å². The van der Waals surface area contributed by atoms with E-state index in [1.165, 1.54) is 13.0 Å². The lowest BCUT2D eigenvalue weighted by Crippen LogP contribution is -2.46. The fourth-order valence-electron chi connectivity index (χ4n) is 3.17. The largest absolute Gasteiger partial charge is 0.324 e. The number of nitrogens with one attached hydrogen (secondary N) is 1. The van der Waals surface area contributed by atoms with Crippen LogP contribution in [-0.2, 0) is 14.4 Å². The minimum absolute atomic E-state index is 0.298. The lowest BCUT2D eigenvalue weighted by Gasteiger charge is -2.22. The first kappa shape index (κ1) is 18.2. The van der Waals surface area contributed by atoms with Gasteiger partial charge in [-0.3, -0.25) is 19.3 Å². The van der Waals surface area contributed by atoms with Crippen LogP contribution in [0.25, 0.3) is 0 Å². The van der Waals surface area contributed by atoms with Crippen molar-refractivity contribution in [2.45, 2.75) is 25.8 Å². The highest BCUT2D eigenvalue weighted by atomic mass is 35.5. The van der Waals surface area contributed by atoms with Crippen molar-refractivity contribution in [3.63, 3.8) is 0 Å². The van der Waals surface area contributed by atoms with Crippen LogP contribution in [0.15, 0.2) is 29.3 Å². The van der Waals surface area contributed by atoms with Crippen molar-refractivity contribution in [3.8, 4) is 0 Å². The average Bonchev–Trinajstić information content (AvgIpc) is 2.81. The second-order valence-corrected chi connectivity index (χ2v) is 7.44. The Kier molecular flexibility index (Phi) is 5.09. The molecule has 0 saturated carbocycles. The molecule has 1 aliphatic carbocycles. The quantitative estimate of drug-likeness (QED) is 0.783. The van der Waals surface area contributed by atoms with E-state index in [0.717, 1.165) is 4.90 Å². The number of imide groups is 1. The SMILES string of the molecule is C[C@H](C(=O)Nc1ccc(Cl)c(Cl)c1)N1C(=O)[C@H]2CC(Cl)=CC[C@H]2C1=O. The van der Waals surface area contributed by atoms with Crippen LogP contribution in [0.5, 0.6) is 0 Å². The van der Waals surface area contributed by atoms with Crippen molar-refractivity contribution in [3.05, 3.63) is 39.4 Å². The number of likely N-dealkylation sites (tertiary alicyclic amines) is 1. The highest BCUT2D eigenvalue weighted by Gasteiger charge is 2.51. The number of fused-ring (bicyclic) bond motifs is 1. The molecule has 3 rings (SSSR count). The van der Waals surface area contributed by atoms with Crippen molar-refractivity contribution < 1.29 is 14.4 Å². The molecular formula is C17H15Cl3N2O3. The molecule has 3 atom stereocenters. The van der Waals surface area contributed by atoms with Gasteiger partial charge in [0.15, 0.2) is 0 Å².